The molecule has 0 atom stereocenters. The number of imide groups is 1. The van der Waals surface area contributed by atoms with E-state index in [4.69, 9.17) is 4.74 Å². The Hall–Kier alpha value is -2.30. The molecule has 1 aliphatic heterocycles. The van der Waals surface area contributed by atoms with Crippen LogP contribution in [0.5, 0.6) is 5.75 Å². The molecule has 18 heavy (non-hydrogen) atoms. The minimum absolute atomic E-state index is 0.234. The summed E-state index contributed by atoms with van der Waals surface area (Å²) in [5, 5.41) is 2.28. The maximum Gasteiger partial charge on any atom is 0.328 e. The van der Waals surface area contributed by atoms with Gasteiger partial charge in [-0.05, 0) is 24.3 Å². The fourth-order valence-corrected chi connectivity index (χ4v) is 1.69. The minimum atomic E-state index is -0.383. The molecule has 2 rings (SSSR count). The number of hydrogen-bond acceptors (Lipinski definition) is 3. The van der Waals surface area contributed by atoms with E-state index in [0.717, 1.165) is 5.69 Å². The molecule has 0 saturated carbocycles. The Morgan fingerprint density at radius 1 is 1.33 bits per heavy atom. The number of carbonyl (C=O) groups excluding carboxylic acids is 2. The van der Waals surface area contributed by atoms with Crippen molar-refractivity contribution in [2.75, 3.05) is 18.1 Å². The Labute approximate surface area is 105 Å². The number of urea groups is 1. The van der Waals surface area contributed by atoms with Gasteiger partial charge < -0.3 is 4.74 Å². The highest BCUT2D eigenvalue weighted by Crippen LogP contribution is 2.21. The van der Waals surface area contributed by atoms with Crippen LogP contribution in [0.1, 0.15) is 6.42 Å². The standard InChI is InChI=1S/C13H14N2O3/c1-2-9-18-11-5-3-10(4-6-11)15-8-7-12(16)14-13(15)17/h2-6H,1,7-9H2,(H,14,16,17). The van der Waals surface area contributed by atoms with Gasteiger partial charge in [0.1, 0.15) is 12.4 Å². The van der Waals surface area contributed by atoms with Gasteiger partial charge in [-0.25, -0.2) is 4.79 Å². The highest BCUT2D eigenvalue weighted by molar-refractivity contribution is 6.05. The molecule has 5 nitrogen and oxygen atoms in total. The van der Waals surface area contributed by atoms with E-state index in [2.05, 4.69) is 11.9 Å². The second kappa shape index (κ2) is 5.35. The highest BCUT2D eigenvalue weighted by atomic mass is 16.5. The zero-order valence-electron chi connectivity index (χ0n) is 9.89. The van der Waals surface area contributed by atoms with E-state index in [0.29, 0.717) is 25.3 Å². The van der Waals surface area contributed by atoms with Crippen molar-refractivity contribution in [3.8, 4) is 5.75 Å². The number of carbonyl (C=O) groups is 2. The largest absolute Gasteiger partial charge is 0.490 e. The van der Waals surface area contributed by atoms with E-state index in [9.17, 15) is 9.59 Å². The van der Waals surface area contributed by atoms with Crippen LogP contribution >= 0.6 is 0 Å². The predicted octanol–water partition coefficient (Wildman–Crippen LogP) is 1.70. The normalized spacial score (nSPS) is 15.2. The molecule has 0 radical (unpaired) electrons. The van der Waals surface area contributed by atoms with Gasteiger partial charge in [0.15, 0.2) is 0 Å². The van der Waals surface area contributed by atoms with E-state index in [-0.39, 0.29) is 11.9 Å². The molecule has 1 saturated heterocycles. The van der Waals surface area contributed by atoms with Gasteiger partial charge in [0.2, 0.25) is 5.91 Å². The lowest BCUT2D eigenvalue weighted by molar-refractivity contribution is -0.120. The quantitative estimate of drug-likeness (QED) is 0.822. The maximum atomic E-state index is 11.6. The van der Waals surface area contributed by atoms with E-state index in [1.807, 2.05) is 0 Å². The summed E-state index contributed by atoms with van der Waals surface area (Å²) in [5.74, 6) is 0.481. The summed E-state index contributed by atoms with van der Waals surface area (Å²) in [6.07, 6.45) is 1.98. The number of anilines is 1. The van der Waals surface area contributed by atoms with Crippen LogP contribution in [0.25, 0.3) is 0 Å². The van der Waals surface area contributed by atoms with Crippen molar-refractivity contribution in [2.45, 2.75) is 6.42 Å². The molecular formula is C13H14N2O3. The topological polar surface area (TPSA) is 58.6 Å². The Morgan fingerprint density at radius 3 is 2.67 bits per heavy atom. The molecule has 0 spiro atoms. The molecule has 1 N–H and O–H groups in total. The third-order valence-electron chi connectivity index (χ3n) is 2.57. The van der Waals surface area contributed by atoms with E-state index in [1.54, 1.807) is 30.3 Å². The number of nitrogens with one attached hydrogen (secondary N) is 1. The SMILES string of the molecule is C=CCOc1ccc(N2CCC(=O)NC2=O)cc1. The van der Waals surface area contributed by atoms with Gasteiger partial charge in [-0.3, -0.25) is 15.0 Å². The third-order valence-corrected chi connectivity index (χ3v) is 2.57. The lowest BCUT2D eigenvalue weighted by atomic mass is 10.2. The second-order valence-corrected chi connectivity index (χ2v) is 3.85. The van der Waals surface area contributed by atoms with Crippen LogP contribution in [-0.2, 0) is 4.79 Å². The van der Waals surface area contributed by atoms with Crippen molar-refractivity contribution in [1.29, 1.82) is 0 Å². The molecule has 3 amide bonds. The average molecular weight is 246 g/mol. The van der Waals surface area contributed by atoms with Crippen molar-refractivity contribution in [2.24, 2.45) is 0 Å². The summed E-state index contributed by atoms with van der Waals surface area (Å²) in [4.78, 5) is 24.2. The van der Waals surface area contributed by atoms with Crippen LogP contribution in [0.3, 0.4) is 0 Å². The number of nitrogens with zero attached hydrogens (tertiary/aromatic N) is 1. The summed E-state index contributed by atoms with van der Waals surface area (Å²) >= 11 is 0. The molecule has 0 aliphatic carbocycles. The monoisotopic (exact) mass is 246 g/mol. The molecule has 5 heteroatoms. The van der Waals surface area contributed by atoms with Crippen LogP contribution in [0.2, 0.25) is 0 Å². The molecule has 1 aromatic carbocycles. The van der Waals surface area contributed by atoms with Gasteiger partial charge in [0, 0.05) is 18.7 Å². The van der Waals surface area contributed by atoms with Crippen molar-refractivity contribution in [3.63, 3.8) is 0 Å². The van der Waals surface area contributed by atoms with Crippen molar-refractivity contribution in [3.05, 3.63) is 36.9 Å². The van der Waals surface area contributed by atoms with Crippen molar-refractivity contribution < 1.29 is 14.3 Å². The molecule has 0 bridgehead atoms. The summed E-state index contributed by atoms with van der Waals surface area (Å²) in [5.41, 5.74) is 0.742. The lowest BCUT2D eigenvalue weighted by Gasteiger charge is -2.26. The maximum absolute atomic E-state index is 11.6. The first-order valence-electron chi connectivity index (χ1n) is 5.66. The molecule has 1 aromatic rings. The highest BCUT2D eigenvalue weighted by Gasteiger charge is 2.23. The first-order valence-corrected chi connectivity index (χ1v) is 5.66. The van der Waals surface area contributed by atoms with E-state index < -0.39 is 0 Å². The van der Waals surface area contributed by atoms with Crippen molar-refractivity contribution >= 4 is 17.6 Å². The summed E-state index contributed by atoms with van der Waals surface area (Å²) in [6.45, 7) is 4.41. The van der Waals surface area contributed by atoms with Crippen molar-refractivity contribution in [1.82, 2.24) is 5.32 Å². The first-order chi connectivity index (χ1) is 8.70. The fourth-order valence-electron chi connectivity index (χ4n) is 1.69. The minimum Gasteiger partial charge on any atom is -0.490 e. The lowest BCUT2D eigenvalue weighted by Crippen LogP contribution is -2.49. The van der Waals surface area contributed by atoms with Gasteiger partial charge >= 0.3 is 6.03 Å². The Balaban J connectivity index is 2.07. The Kier molecular flexibility index (Phi) is 3.62. The zero-order chi connectivity index (χ0) is 13.0. The molecule has 0 unspecified atom stereocenters. The molecular weight excluding hydrogens is 232 g/mol. The molecule has 94 valence electrons. The summed E-state index contributed by atoms with van der Waals surface area (Å²) in [7, 11) is 0. The number of benzene rings is 1. The molecule has 1 heterocycles. The smallest absolute Gasteiger partial charge is 0.328 e. The number of amides is 3. The molecule has 1 aliphatic rings. The Morgan fingerprint density at radius 2 is 2.06 bits per heavy atom. The number of hydrogen-bond donors (Lipinski definition) is 1. The third kappa shape index (κ3) is 2.68. The number of rotatable bonds is 4. The van der Waals surface area contributed by atoms with Gasteiger partial charge in [0.05, 0.1) is 0 Å². The Bertz CT molecular complexity index is 468. The number of ether oxygens (including phenoxy) is 1. The van der Waals surface area contributed by atoms with Gasteiger partial charge in [-0.1, -0.05) is 12.7 Å². The van der Waals surface area contributed by atoms with Gasteiger partial charge in [0.25, 0.3) is 0 Å². The van der Waals surface area contributed by atoms with Crippen LogP contribution in [0.4, 0.5) is 10.5 Å². The molecule has 1 fully saturated rings. The average Bonchev–Trinajstić information content (AvgIpc) is 2.37. The summed E-state index contributed by atoms with van der Waals surface area (Å²) < 4.78 is 5.35. The van der Waals surface area contributed by atoms with Crippen LogP contribution in [-0.4, -0.2) is 25.1 Å². The van der Waals surface area contributed by atoms with E-state index >= 15 is 0 Å². The zero-order valence-corrected chi connectivity index (χ0v) is 9.89. The van der Waals surface area contributed by atoms with Gasteiger partial charge in [-0.15, -0.1) is 0 Å². The van der Waals surface area contributed by atoms with Gasteiger partial charge in [-0.2, -0.15) is 0 Å². The summed E-state index contributed by atoms with van der Waals surface area (Å²) in [6, 6.07) is 6.75. The fraction of sp³-hybridized carbons (Fsp3) is 0.231. The predicted molar refractivity (Wildman–Crippen MR) is 67.6 cm³/mol. The second-order valence-electron chi connectivity index (χ2n) is 3.85. The first kappa shape index (κ1) is 12.2. The molecule has 0 aromatic heterocycles. The van der Waals surface area contributed by atoms with Crippen LogP contribution in [0.15, 0.2) is 36.9 Å². The van der Waals surface area contributed by atoms with Crippen LogP contribution < -0.4 is 15.0 Å². The van der Waals surface area contributed by atoms with E-state index in [1.165, 1.54) is 4.90 Å². The van der Waals surface area contributed by atoms with Crippen LogP contribution in [0, 0.1) is 0 Å².